The quantitative estimate of drug-likeness (QED) is 0.548. The van der Waals surface area contributed by atoms with Crippen molar-refractivity contribution in [3.05, 3.63) is 24.0 Å². The first-order valence-electron chi connectivity index (χ1n) is 3.85. The van der Waals surface area contributed by atoms with Gasteiger partial charge >= 0.3 is 0 Å². The summed E-state index contributed by atoms with van der Waals surface area (Å²) >= 11 is 0. The molecule has 2 nitrogen and oxygen atoms in total. The summed E-state index contributed by atoms with van der Waals surface area (Å²) in [4.78, 5) is 6.42. The number of aliphatic imine (C=N–C) groups is 1. The third-order valence-corrected chi connectivity index (χ3v) is 1.86. The van der Waals surface area contributed by atoms with Crippen molar-refractivity contribution >= 4 is 6.21 Å². The highest BCUT2D eigenvalue weighted by Crippen LogP contribution is 2.22. The zero-order chi connectivity index (χ0) is 8.27. The summed E-state index contributed by atoms with van der Waals surface area (Å²) in [6, 6.07) is 0. The second-order valence-corrected chi connectivity index (χ2v) is 2.61. The van der Waals surface area contributed by atoms with E-state index >= 15 is 0 Å². The molecular formula is C9H14N2. The topological polar surface area (TPSA) is 15.6 Å². The Balaban J connectivity index is 2.89. The summed E-state index contributed by atoms with van der Waals surface area (Å²) in [7, 11) is 2.05. The van der Waals surface area contributed by atoms with Crippen molar-refractivity contribution in [2.24, 2.45) is 4.99 Å². The van der Waals surface area contributed by atoms with Crippen LogP contribution in [0, 0.1) is 0 Å². The van der Waals surface area contributed by atoms with E-state index in [1.54, 1.807) is 0 Å². The first-order valence-corrected chi connectivity index (χ1v) is 3.85. The zero-order valence-electron chi connectivity index (χ0n) is 7.17. The maximum atomic E-state index is 4.27. The molecule has 0 atom stereocenters. The summed E-state index contributed by atoms with van der Waals surface area (Å²) in [6.45, 7) is 6.75. The van der Waals surface area contributed by atoms with Crippen molar-refractivity contribution in [2.75, 3.05) is 13.6 Å². The number of rotatable bonds is 2. The van der Waals surface area contributed by atoms with Gasteiger partial charge in [0.25, 0.3) is 0 Å². The summed E-state index contributed by atoms with van der Waals surface area (Å²) in [5, 5.41) is 0. The van der Waals surface area contributed by atoms with Crippen molar-refractivity contribution in [3.8, 4) is 0 Å². The number of nitrogens with zero attached hydrogens (tertiary/aromatic N) is 2. The number of hydrogen-bond donors (Lipinski definition) is 0. The summed E-state index contributed by atoms with van der Waals surface area (Å²) in [5.41, 5.74) is 1.26. The molecule has 1 heterocycles. The molecule has 11 heavy (non-hydrogen) atoms. The fourth-order valence-electron chi connectivity index (χ4n) is 1.25. The molecule has 0 amide bonds. The Labute approximate surface area is 67.9 Å². The molecule has 60 valence electrons. The molecule has 0 aliphatic carbocycles. The SMILES string of the molecule is C=CC1=C(N=CC)N(C)CC1. The first-order chi connectivity index (χ1) is 5.29. The average Bonchev–Trinajstić information content (AvgIpc) is 2.34. The second kappa shape index (κ2) is 3.37. The average molecular weight is 150 g/mol. The molecule has 0 aromatic rings. The van der Waals surface area contributed by atoms with Crippen LogP contribution < -0.4 is 0 Å². The van der Waals surface area contributed by atoms with E-state index in [0.717, 1.165) is 18.8 Å². The lowest BCUT2D eigenvalue weighted by molar-refractivity contribution is 0.455. The van der Waals surface area contributed by atoms with E-state index in [1.165, 1.54) is 5.57 Å². The van der Waals surface area contributed by atoms with E-state index in [9.17, 15) is 0 Å². The molecule has 1 rings (SSSR count). The minimum atomic E-state index is 1.06. The Bertz CT molecular complexity index is 214. The van der Waals surface area contributed by atoms with E-state index in [4.69, 9.17) is 0 Å². The van der Waals surface area contributed by atoms with Gasteiger partial charge in [-0.2, -0.15) is 0 Å². The summed E-state index contributed by atoms with van der Waals surface area (Å²) in [5.74, 6) is 1.07. The Hall–Kier alpha value is -1.05. The van der Waals surface area contributed by atoms with Crippen molar-refractivity contribution in [3.63, 3.8) is 0 Å². The van der Waals surface area contributed by atoms with E-state index in [2.05, 4.69) is 23.5 Å². The Morgan fingerprint density at radius 2 is 2.36 bits per heavy atom. The van der Waals surface area contributed by atoms with Crippen molar-refractivity contribution in [1.82, 2.24) is 4.90 Å². The smallest absolute Gasteiger partial charge is 0.131 e. The Kier molecular flexibility index (Phi) is 2.47. The fourth-order valence-corrected chi connectivity index (χ4v) is 1.25. The molecule has 0 saturated carbocycles. The Morgan fingerprint density at radius 1 is 1.64 bits per heavy atom. The van der Waals surface area contributed by atoms with Crippen LogP contribution in [0.25, 0.3) is 0 Å². The molecule has 0 spiro atoms. The van der Waals surface area contributed by atoms with Crippen LogP contribution in [0.15, 0.2) is 29.0 Å². The molecule has 0 saturated heterocycles. The van der Waals surface area contributed by atoms with Gasteiger partial charge in [-0.3, -0.25) is 0 Å². The van der Waals surface area contributed by atoms with Gasteiger partial charge in [-0.1, -0.05) is 12.7 Å². The lowest BCUT2D eigenvalue weighted by atomic mass is 10.2. The van der Waals surface area contributed by atoms with Crippen LogP contribution in [0.1, 0.15) is 13.3 Å². The molecule has 0 aromatic heterocycles. The van der Waals surface area contributed by atoms with Gasteiger partial charge < -0.3 is 4.90 Å². The van der Waals surface area contributed by atoms with Crippen molar-refractivity contribution < 1.29 is 0 Å². The van der Waals surface area contributed by atoms with Gasteiger partial charge in [-0.05, 0) is 18.9 Å². The summed E-state index contributed by atoms with van der Waals surface area (Å²) < 4.78 is 0. The fraction of sp³-hybridized carbons (Fsp3) is 0.444. The van der Waals surface area contributed by atoms with Crippen LogP contribution in [0.5, 0.6) is 0 Å². The van der Waals surface area contributed by atoms with Gasteiger partial charge in [0, 0.05) is 19.8 Å². The lowest BCUT2D eigenvalue weighted by Crippen LogP contribution is -2.11. The van der Waals surface area contributed by atoms with Crippen LogP contribution in [-0.2, 0) is 0 Å². The lowest BCUT2D eigenvalue weighted by Gasteiger charge is -2.10. The van der Waals surface area contributed by atoms with E-state index in [1.807, 2.05) is 19.2 Å². The molecular weight excluding hydrogens is 136 g/mol. The van der Waals surface area contributed by atoms with Crippen LogP contribution in [-0.4, -0.2) is 24.7 Å². The van der Waals surface area contributed by atoms with E-state index < -0.39 is 0 Å². The number of allylic oxidation sites excluding steroid dienone is 1. The van der Waals surface area contributed by atoms with Crippen molar-refractivity contribution in [1.29, 1.82) is 0 Å². The molecule has 0 bridgehead atoms. The number of hydrogen-bond acceptors (Lipinski definition) is 2. The van der Waals surface area contributed by atoms with Gasteiger partial charge in [0.05, 0.1) is 0 Å². The largest absolute Gasteiger partial charge is 0.359 e. The van der Waals surface area contributed by atoms with Crippen LogP contribution >= 0.6 is 0 Å². The van der Waals surface area contributed by atoms with Crippen LogP contribution in [0.2, 0.25) is 0 Å². The Morgan fingerprint density at radius 3 is 2.91 bits per heavy atom. The molecule has 0 fully saturated rings. The first kappa shape index (κ1) is 8.05. The third kappa shape index (κ3) is 1.50. The molecule has 0 aromatic carbocycles. The van der Waals surface area contributed by atoms with Crippen LogP contribution in [0.4, 0.5) is 0 Å². The zero-order valence-corrected chi connectivity index (χ0v) is 7.17. The van der Waals surface area contributed by atoms with Gasteiger partial charge in [-0.25, -0.2) is 4.99 Å². The maximum Gasteiger partial charge on any atom is 0.131 e. The predicted molar refractivity (Wildman–Crippen MR) is 48.6 cm³/mol. The maximum absolute atomic E-state index is 4.27. The second-order valence-electron chi connectivity index (χ2n) is 2.61. The van der Waals surface area contributed by atoms with Gasteiger partial charge in [-0.15, -0.1) is 0 Å². The molecule has 1 aliphatic heterocycles. The predicted octanol–water partition coefficient (Wildman–Crippen LogP) is 1.81. The minimum absolute atomic E-state index is 1.06. The van der Waals surface area contributed by atoms with E-state index in [-0.39, 0.29) is 0 Å². The highest BCUT2D eigenvalue weighted by atomic mass is 15.2. The standard InChI is InChI=1S/C9H14N2/c1-4-8-6-7-11(3)9(8)10-5-2/h4-5H,1,6-7H2,2-3H3. The van der Waals surface area contributed by atoms with Crippen LogP contribution in [0.3, 0.4) is 0 Å². The third-order valence-electron chi connectivity index (χ3n) is 1.86. The molecule has 0 radical (unpaired) electrons. The highest BCUT2D eigenvalue weighted by Gasteiger charge is 2.15. The van der Waals surface area contributed by atoms with Gasteiger partial charge in [0.1, 0.15) is 5.82 Å². The normalized spacial score (nSPS) is 18.5. The minimum Gasteiger partial charge on any atom is -0.359 e. The molecule has 0 unspecified atom stereocenters. The molecule has 2 heteroatoms. The summed E-state index contributed by atoms with van der Waals surface area (Å²) in [6.07, 6.45) is 4.79. The van der Waals surface area contributed by atoms with Crippen molar-refractivity contribution in [2.45, 2.75) is 13.3 Å². The molecule has 0 N–H and O–H groups in total. The molecule has 1 aliphatic rings. The monoisotopic (exact) mass is 150 g/mol. The van der Waals surface area contributed by atoms with Gasteiger partial charge in [0.2, 0.25) is 0 Å². The van der Waals surface area contributed by atoms with E-state index in [0.29, 0.717) is 0 Å². The highest BCUT2D eigenvalue weighted by molar-refractivity contribution is 5.56. The van der Waals surface area contributed by atoms with Gasteiger partial charge in [0.15, 0.2) is 0 Å².